The molecule has 0 bridgehead atoms. The van der Waals surface area contributed by atoms with E-state index < -0.39 is 0 Å². The number of halogens is 2. The number of amides is 1. The van der Waals surface area contributed by atoms with E-state index in [4.69, 9.17) is 27.6 Å². The van der Waals surface area contributed by atoms with Crippen molar-refractivity contribution in [1.29, 1.82) is 0 Å². The lowest BCUT2D eigenvalue weighted by molar-refractivity contribution is 0.102. The summed E-state index contributed by atoms with van der Waals surface area (Å²) in [4.78, 5) is 12.3. The van der Waals surface area contributed by atoms with Gasteiger partial charge < -0.3 is 9.73 Å². The lowest BCUT2D eigenvalue weighted by Gasteiger charge is -2.07. The first-order valence-electron chi connectivity index (χ1n) is 6.70. The van der Waals surface area contributed by atoms with E-state index in [9.17, 15) is 4.79 Å². The maximum Gasteiger partial charge on any atom is 0.255 e. The van der Waals surface area contributed by atoms with Crippen molar-refractivity contribution in [3.63, 3.8) is 0 Å². The van der Waals surface area contributed by atoms with Crippen LogP contribution < -0.4 is 5.32 Å². The Morgan fingerprint density at radius 1 is 1.09 bits per heavy atom. The molecule has 0 radical (unpaired) electrons. The molecular formula is C16H11Cl2N3O2. The Bertz CT molecular complexity index is 877. The molecule has 0 aliphatic heterocycles. The van der Waals surface area contributed by atoms with Gasteiger partial charge in [-0.1, -0.05) is 29.3 Å². The molecule has 5 nitrogen and oxygen atoms in total. The predicted octanol–water partition coefficient (Wildman–Crippen LogP) is 4.60. The van der Waals surface area contributed by atoms with Crippen molar-refractivity contribution in [2.45, 2.75) is 6.92 Å². The van der Waals surface area contributed by atoms with Gasteiger partial charge >= 0.3 is 0 Å². The molecular weight excluding hydrogens is 337 g/mol. The largest absolute Gasteiger partial charge is 0.421 e. The number of rotatable bonds is 3. The van der Waals surface area contributed by atoms with Crippen LogP contribution in [-0.4, -0.2) is 16.1 Å². The fourth-order valence-electron chi connectivity index (χ4n) is 1.98. The summed E-state index contributed by atoms with van der Waals surface area (Å²) >= 11 is 11.8. The summed E-state index contributed by atoms with van der Waals surface area (Å²) in [5.74, 6) is 0.584. The van der Waals surface area contributed by atoms with Crippen LogP contribution in [0.1, 0.15) is 16.2 Å². The number of carbonyl (C=O) groups is 1. The standard InChI is InChI=1S/C16H11Cl2N3O2/c1-9-20-21-16(23-9)11-3-2-4-12(7-11)19-15(22)10-5-6-13(17)14(18)8-10/h2-8H,1H3,(H,19,22). The fourth-order valence-corrected chi connectivity index (χ4v) is 2.28. The smallest absolute Gasteiger partial charge is 0.255 e. The minimum absolute atomic E-state index is 0.289. The zero-order chi connectivity index (χ0) is 16.4. The number of anilines is 1. The van der Waals surface area contributed by atoms with Gasteiger partial charge in [-0.2, -0.15) is 0 Å². The van der Waals surface area contributed by atoms with Crippen LogP contribution in [0, 0.1) is 6.92 Å². The zero-order valence-electron chi connectivity index (χ0n) is 12.0. The Labute approximate surface area is 142 Å². The highest BCUT2D eigenvalue weighted by Crippen LogP contribution is 2.24. The van der Waals surface area contributed by atoms with Gasteiger partial charge in [0.25, 0.3) is 5.91 Å². The summed E-state index contributed by atoms with van der Waals surface area (Å²) in [6.45, 7) is 1.71. The maximum atomic E-state index is 12.3. The predicted molar refractivity (Wildman–Crippen MR) is 88.9 cm³/mol. The molecule has 0 saturated heterocycles. The molecule has 0 atom stereocenters. The van der Waals surface area contributed by atoms with Crippen LogP contribution in [0.25, 0.3) is 11.5 Å². The Hall–Kier alpha value is -2.37. The second-order valence-electron chi connectivity index (χ2n) is 4.79. The minimum Gasteiger partial charge on any atom is -0.421 e. The lowest BCUT2D eigenvalue weighted by Crippen LogP contribution is -2.11. The minimum atomic E-state index is -0.289. The van der Waals surface area contributed by atoms with E-state index in [1.807, 2.05) is 6.07 Å². The summed E-state index contributed by atoms with van der Waals surface area (Å²) in [7, 11) is 0. The molecule has 2 aromatic carbocycles. The molecule has 23 heavy (non-hydrogen) atoms. The summed E-state index contributed by atoms with van der Waals surface area (Å²) in [6.07, 6.45) is 0. The van der Waals surface area contributed by atoms with E-state index >= 15 is 0 Å². The van der Waals surface area contributed by atoms with Gasteiger partial charge in [0, 0.05) is 23.7 Å². The second-order valence-corrected chi connectivity index (χ2v) is 5.60. The lowest BCUT2D eigenvalue weighted by atomic mass is 10.1. The van der Waals surface area contributed by atoms with Gasteiger partial charge in [0.1, 0.15) is 0 Å². The van der Waals surface area contributed by atoms with Crippen molar-refractivity contribution in [3.05, 3.63) is 64.0 Å². The summed E-state index contributed by atoms with van der Waals surface area (Å²) < 4.78 is 5.38. The van der Waals surface area contributed by atoms with Crippen molar-refractivity contribution in [3.8, 4) is 11.5 Å². The molecule has 1 amide bonds. The van der Waals surface area contributed by atoms with Crippen LogP contribution in [0.3, 0.4) is 0 Å². The normalized spacial score (nSPS) is 10.6. The first-order chi connectivity index (χ1) is 11.0. The van der Waals surface area contributed by atoms with E-state index in [1.54, 1.807) is 37.3 Å². The van der Waals surface area contributed by atoms with Crippen molar-refractivity contribution < 1.29 is 9.21 Å². The summed E-state index contributed by atoms with van der Waals surface area (Å²) in [6, 6.07) is 11.8. The van der Waals surface area contributed by atoms with Crippen LogP contribution in [0.4, 0.5) is 5.69 Å². The van der Waals surface area contributed by atoms with Crippen LogP contribution in [0.5, 0.6) is 0 Å². The SMILES string of the molecule is Cc1nnc(-c2cccc(NC(=O)c3ccc(Cl)c(Cl)c3)c2)o1. The molecule has 0 aliphatic carbocycles. The van der Waals surface area contributed by atoms with Gasteiger partial charge in [-0.3, -0.25) is 4.79 Å². The summed E-state index contributed by atoms with van der Waals surface area (Å²) in [5.41, 5.74) is 1.74. The molecule has 0 aliphatic rings. The third-order valence-electron chi connectivity index (χ3n) is 3.08. The number of hydrogen-bond acceptors (Lipinski definition) is 4. The Balaban J connectivity index is 1.82. The third kappa shape index (κ3) is 3.52. The van der Waals surface area contributed by atoms with Crippen LogP contribution in [-0.2, 0) is 0 Å². The van der Waals surface area contributed by atoms with Gasteiger partial charge in [-0.15, -0.1) is 10.2 Å². The highest BCUT2D eigenvalue weighted by molar-refractivity contribution is 6.42. The van der Waals surface area contributed by atoms with E-state index in [0.717, 1.165) is 5.56 Å². The first kappa shape index (κ1) is 15.5. The molecule has 1 heterocycles. The van der Waals surface area contributed by atoms with Gasteiger partial charge in [-0.05, 0) is 36.4 Å². The maximum absolute atomic E-state index is 12.3. The number of nitrogens with zero attached hydrogens (tertiary/aromatic N) is 2. The van der Waals surface area contributed by atoms with Crippen molar-refractivity contribution >= 4 is 34.8 Å². The summed E-state index contributed by atoms with van der Waals surface area (Å²) in [5, 5.41) is 11.3. The highest BCUT2D eigenvalue weighted by atomic mass is 35.5. The number of nitrogens with one attached hydrogen (secondary N) is 1. The number of carbonyl (C=O) groups excluding carboxylic acids is 1. The Morgan fingerprint density at radius 2 is 1.91 bits per heavy atom. The van der Waals surface area contributed by atoms with Crippen LogP contribution >= 0.6 is 23.2 Å². The van der Waals surface area contributed by atoms with E-state index in [0.29, 0.717) is 33.1 Å². The zero-order valence-corrected chi connectivity index (χ0v) is 13.5. The number of aryl methyl sites for hydroxylation is 1. The topological polar surface area (TPSA) is 68.0 Å². The number of benzene rings is 2. The van der Waals surface area contributed by atoms with Crippen molar-refractivity contribution in [2.24, 2.45) is 0 Å². The molecule has 0 spiro atoms. The number of hydrogen-bond donors (Lipinski definition) is 1. The van der Waals surface area contributed by atoms with E-state index in [1.165, 1.54) is 6.07 Å². The molecule has 1 N–H and O–H groups in total. The average Bonchev–Trinajstić information content (AvgIpc) is 2.97. The highest BCUT2D eigenvalue weighted by Gasteiger charge is 2.10. The fraction of sp³-hybridized carbons (Fsp3) is 0.0625. The van der Waals surface area contributed by atoms with Crippen molar-refractivity contribution in [2.75, 3.05) is 5.32 Å². The monoisotopic (exact) mass is 347 g/mol. The third-order valence-corrected chi connectivity index (χ3v) is 3.81. The average molecular weight is 348 g/mol. The molecule has 0 saturated carbocycles. The first-order valence-corrected chi connectivity index (χ1v) is 7.45. The molecule has 0 fully saturated rings. The molecule has 0 unspecified atom stereocenters. The van der Waals surface area contributed by atoms with E-state index in [-0.39, 0.29) is 5.91 Å². The number of aromatic nitrogens is 2. The second kappa shape index (κ2) is 6.40. The van der Waals surface area contributed by atoms with Crippen molar-refractivity contribution in [1.82, 2.24) is 10.2 Å². The van der Waals surface area contributed by atoms with Gasteiger partial charge in [0.15, 0.2) is 0 Å². The Kier molecular flexibility index (Phi) is 4.32. The van der Waals surface area contributed by atoms with E-state index in [2.05, 4.69) is 15.5 Å². The molecule has 116 valence electrons. The quantitative estimate of drug-likeness (QED) is 0.751. The molecule has 3 rings (SSSR count). The van der Waals surface area contributed by atoms with Gasteiger partial charge in [0.05, 0.1) is 10.0 Å². The molecule has 3 aromatic rings. The van der Waals surface area contributed by atoms with Crippen LogP contribution in [0.15, 0.2) is 46.9 Å². The van der Waals surface area contributed by atoms with Gasteiger partial charge in [-0.25, -0.2) is 0 Å². The van der Waals surface area contributed by atoms with Crippen LogP contribution in [0.2, 0.25) is 10.0 Å². The molecule has 7 heteroatoms. The Morgan fingerprint density at radius 3 is 2.61 bits per heavy atom. The molecule has 1 aromatic heterocycles. The van der Waals surface area contributed by atoms with Gasteiger partial charge in [0.2, 0.25) is 11.8 Å².